The number of alkyl halides is 3. The zero-order valence-corrected chi connectivity index (χ0v) is 30.1. The molecular formula is C38H46ClF3N6O4. The highest BCUT2D eigenvalue weighted by Gasteiger charge is 2.35. The molecule has 1 atom stereocenters. The number of amides is 1. The van der Waals surface area contributed by atoms with Gasteiger partial charge in [0.25, 0.3) is 0 Å². The number of imidazole rings is 1. The van der Waals surface area contributed by atoms with E-state index in [0.29, 0.717) is 63.7 Å². The van der Waals surface area contributed by atoms with Crippen molar-refractivity contribution in [2.45, 2.75) is 83.0 Å². The molecular weight excluding hydrogens is 697 g/mol. The number of fused-ring (bicyclic) bond motifs is 3. The minimum atomic E-state index is -4.73. The molecule has 4 aromatic rings. The Hall–Kier alpha value is -3.94. The van der Waals surface area contributed by atoms with E-state index in [-0.39, 0.29) is 53.3 Å². The number of anilines is 1. The highest BCUT2D eigenvalue weighted by molar-refractivity contribution is 6.33. The summed E-state index contributed by atoms with van der Waals surface area (Å²) in [7, 11) is 0. The first kappa shape index (κ1) is 37.8. The lowest BCUT2D eigenvalue weighted by molar-refractivity contribution is -0.137. The van der Waals surface area contributed by atoms with Crippen LogP contribution in [0.3, 0.4) is 0 Å². The number of nitrogen functional groups attached to an aromatic ring is 1. The molecule has 0 saturated carbocycles. The molecule has 6 rings (SSSR count). The molecule has 0 spiro atoms. The Morgan fingerprint density at radius 2 is 1.85 bits per heavy atom. The van der Waals surface area contributed by atoms with Crippen molar-refractivity contribution < 1.29 is 27.5 Å². The van der Waals surface area contributed by atoms with E-state index in [1.165, 1.54) is 6.07 Å². The summed E-state index contributed by atoms with van der Waals surface area (Å²) in [5.74, 6) is -1.26. The van der Waals surface area contributed by atoms with Crippen molar-refractivity contribution >= 4 is 50.9 Å². The Kier molecular flexibility index (Phi) is 11.9. The van der Waals surface area contributed by atoms with E-state index in [1.54, 1.807) is 15.7 Å². The van der Waals surface area contributed by atoms with Crippen molar-refractivity contribution in [2.24, 2.45) is 5.92 Å². The van der Waals surface area contributed by atoms with Crippen LogP contribution in [0.5, 0.6) is 0 Å². The molecule has 2 aromatic carbocycles. The maximum Gasteiger partial charge on any atom is 0.418 e. The molecule has 2 aliphatic rings. The lowest BCUT2D eigenvalue weighted by Gasteiger charge is -2.34. The SMILES string of the molecule is CCCN(CCCC(=O)[C@H](CC(=O)N1CCC(n2c(=O)[nH]c3c4ccccc4ncc32)CC1)Cc1cc(Cl)c(N)c(C(F)(F)F)c1)C1CCOCC1. The molecule has 3 N–H and O–H groups in total. The van der Waals surface area contributed by atoms with E-state index in [9.17, 15) is 27.6 Å². The maximum atomic E-state index is 13.8. The number of likely N-dealkylation sites (tertiary alicyclic amines) is 1. The number of para-hydroxylation sites is 1. The number of aromatic amines is 1. The van der Waals surface area contributed by atoms with Gasteiger partial charge >= 0.3 is 11.9 Å². The molecule has 0 bridgehead atoms. The molecule has 280 valence electrons. The van der Waals surface area contributed by atoms with Crippen molar-refractivity contribution in [3.05, 3.63) is 69.2 Å². The summed E-state index contributed by atoms with van der Waals surface area (Å²) in [6.07, 6.45) is 1.40. The van der Waals surface area contributed by atoms with Crippen LogP contribution in [0, 0.1) is 5.92 Å². The van der Waals surface area contributed by atoms with Gasteiger partial charge in [-0.15, -0.1) is 0 Å². The Bertz CT molecular complexity index is 1950. The number of nitrogens with two attached hydrogens (primary N) is 1. The van der Waals surface area contributed by atoms with Crippen molar-refractivity contribution in [2.75, 3.05) is 45.1 Å². The number of piperidine rings is 1. The third-order valence-corrected chi connectivity index (χ3v) is 10.9. The van der Waals surface area contributed by atoms with Crippen LogP contribution in [0.2, 0.25) is 5.02 Å². The maximum absolute atomic E-state index is 13.8. The van der Waals surface area contributed by atoms with Gasteiger partial charge in [0.1, 0.15) is 5.78 Å². The predicted molar refractivity (Wildman–Crippen MR) is 195 cm³/mol. The number of halogens is 4. The summed E-state index contributed by atoms with van der Waals surface area (Å²) in [5, 5.41) is 0.609. The first-order valence-corrected chi connectivity index (χ1v) is 18.6. The zero-order chi connectivity index (χ0) is 37.0. The first-order valence-electron chi connectivity index (χ1n) is 18.2. The Morgan fingerprint density at radius 1 is 1.12 bits per heavy atom. The van der Waals surface area contributed by atoms with Crippen LogP contribution in [-0.2, 0) is 26.9 Å². The second-order valence-corrected chi connectivity index (χ2v) is 14.4. The van der Waals surface area contributed by atoms with Gasteiger partial charge in [0.2, 0.25) is 5.91 Å². The molecule has 52 heavy (non-hydrogen) atoms. The number of aromatic nitrogens is 3. The van der Waals surface area contributed by atoms with Crippen LogP contribution in [-0.4, -0.2) is 81.5 Å². The summed E-state index contributed by atoms with van der Waals surface area (Å²) in [6.45, 7) is 5.89. The minimum absolute atomic E-state index is 0.0750. The number of hydrogen-bond acceptors (Lipinski definition) is 7. The summed E-state index contributed by atoms with van der Waals surface area (Å²) < 4.78 is 48.7. The van der Waals surface area contributed by atoms with Gasteiger partial charge < -0.3 is 25.3 Å². The van der Waals surface area contributed by atoms with Crippen LogP contribution in [0.25, 0.3) is 21.9 Å². The number of rotatable bonds is 13. The lowest BCUT2D eigenvalue weighted by atomic mass is 9.88. The largest absolute Gasteiger partial charge is 0.418 e. The molecule has 2 saturated heterocycles. The molecule has 0 radical (unpaired) electrons. The Morgan fingerprint density at radius 3 is 2.56 bits per heavy atom. The standard InChI is InChI=1S/C38H46ClF3N6O4/c1-2-13-46(26-11-17-52-18-12-26)14-5-8-33(49)25(19-24-20-29(38(40,41)42)35(43)30(39)21-24)22-34(50)47-15-9-27(10-16-47)48-32-23-44-31-7-4-3-6-28(31)36(32)45-37(48)51/h3-4,6-7,20-21,23,25-27H,2,5,8-19,22,43H2,1H3,(H,45,51)/t25-/m0/s1. The van der Waals surface area contributed by atoms with Gasteiger partial charge in [0, 0.05) is 62.5 Å². The quantitative estimate of drug-likeness (QED) is 0.145. The van der Waals surface area contributed by atoms with Gasteiger partial charge in [0.15, 0.2) is 0 Å². The number of H-pyrrole nitrogens is 1. The number of ether oxygens (including phenoxy) is 1. The van der Waals surface area contributed by atoms with Crippen molar-refractivity contribution in [1.29, 1.82) is 0 Å². The summed E-state index contributed by atoms with van der Waals surface area (Å²) in [4.78, 5) is 52.4. The lowest BCUT2D eigenvalue weighted by Crippen LogP contribution is -2.42. The normalized spacial score (nSPS) is 17.0. The Labute approximate surface area is 305 Å². The number of pyridine rings is 1. The molecule has 2 fully saturated rings. The van der Waals surface area contributed by atoms with Crippen molar-refractivity contribution in [3.63, 3.8) is 0 Å². The average Bonchev–Trinajstić information content (AvgIpc) is 3.48. The third kappa shape index (κ3) is 8.47. The molecule has 2 aliphatic heterocycles. The molecule has 0 unspecified atom stereocenters. The van der Waals surface area contributed by atoms with E-state index in [2.05, 4.69) is 21.8 Å². The molecule has 1 amide bonds. The summed E-state index contributed by atoms with van der Waals surface area (Å²) in [6, 6.07) is 10.1. The van der Waals surface area contributed by atoms with E-state index >= 15 is 0 Å². The van der Waals surface area contributed by atoms with E-state index < -0.39 is 23.3 Å². The number of carbonyl (C=O) groups is 2. The van der Waals surface area contributed by atoms with Gasteiger partial charge in [-0.05, 0) is 81.8 Å². The van der Waals surface area contributed by atoms with Crippen LogP contribution in [0.1, 0.15) is 75.5 Å². The van der Waals surface area contributed by atoms with Crippen LogP contribution < -0.4 is 11.4 Å². The number of Topliss-reactive ketones (excluding diaryl/α,β-unsaturated/α-hetero) is 1. The summed E-state index contributed by atoms with van der Waals surface area (Å²) in [5.41, 5.74) is 6.22. The fourth-order valence-corrected chi connectivity index (χ4v) is 8.12. The Balaban J connectivity index is 1.15. The van der Waals surface area contributed by atoms with Gasteiger partial charge in [-0.2, -0.15) is 13.2 Å². The van der Waals surface area contributed by atoms with Gasteiger partial charge in [-0.3, -0.25) is 19.1 Å². The minimum Gasteiger partial charge on any atom is -0.397 e. The van der Waals surface area contributed by atoms with E-state index in [1.807, 2.05) is 24.3 Å². The number of nitrogens with one attached hydrogen (secondary N) is 1. The molecule has 0 aliphatic carbocycles. The highest BCUT2D eigenvalue weighted by Crippen LogP contribution is 2.38. The number of carbonyl (C=O) groups excluding carboxylic acids is 2. The first-order chi connectivity index (χ1) is 24.9. The van der Waals surface area contributed by atoms with Crippen LogP contribution in [0.4, 0.5) is 18.9 Å². The number of benzene rings is 2. The third-order valence-electron chi connectivity index (χ3n) is 10.6. The molecule has 14 heteroatoms. The van der Waals surface area contributed by atoms with Gasteiger partial charge in [0.05, 0.1) is 39.0 Å². The second-order valence-electron chi connectivity index (χ2n) is 14.0. The molecule has 2 aromatic heterocycles. The van der Waals surface area contributed by atoms with Gasteiger partial charge in [-0.1, -0.05) is 36.7 Å². The van der Waals surface area contributed by atoms with Crippen LogP contribution in [0.15, 0.2) is 47.4 Å². The number of nitrogens with zero attached hydrogens (tertiary/aromatic N) is 4. The van der Waals surface area contributed by atoms with E-state index in [4.69, 9.17) is 22.1 Å². The second kappa shape index (κ2) is 16.4. The summed E-state index contributed by atoms with van der Waals surface area (Å²) >= 11 is 6.14. The molecule has 4 heterocycles. The smallest absolute Gasteiger partial charge is 0.397 e. The van der Waals surface area contributed by atoms with Crippen LogP contribution >= 0.6 is 11.6 Å². The van der Waals surface area contributed by atoms with Crippen molar-refractivity contribution in [1.82, 2.24) is 24.3 Å². The molecule has 10 nitrogen and oxygen atoms in total. The highest BCUT2D eigenvalue weighted by atomic mass is 35.5. The monoisotopic (exact) mass is 742 g/mol. The van der Waals surface area contributed by atoms with Gasteiger partial charge in [-0.25, -0.2) is 4.79 Å². The number of ketones is 1. The fourth-order valence-electron chi connectivity index (χ4n) is 7.88. The fraction of sp³-hybridized carbons (Fsp3) is 0.526. The van der Waals surface area contributed by atoms with E-state index in [0.717, 1.165) is 48.3 Å². The zero-order valence-electron chi connectivity index (χ0n) is 29.4. The number of hydrogen-bond donors (Lipinski definition) is 2. The van der Waals surface area contributed by atoms with Crippen molar-refractivity contribution in [3.8, 4) is 0 Å². The topological polar surface area (TPSA) is 127 Å². The predicted octanol–water partition coefficient (Wildman–Crippen LogP) is 6.79. The average molecular weight is 743 g/mol.